The van der Waals surface area contributed by atoms with Crippen LogP contribution in [0.2, 0.25) is 0 Å². The number of carbonyl (C=O) groups is 1. The molecule has 0 aliphatic rings. The van der Waals surface area contributed by atoms with Crippen molar-refractivity contribution in [1.29, 1.82) is 0 Å². The summed E-state index contributed by atoms with van der Waals surface area (Å²) >= 11 is 0. The number of rotatable bonds is 6. The average Bonchev–Trinajstić information content (AvgIpc) is 2.52. The number of para-hydroxylation sites is 1. The third-order valence-electron chi connectivity index (χ3n) is 3.61. The van der Waals surface area contributed by atoms with E-state index in [2.05, 4.69) is 20.8 Å². The smallest absolute Gasteiger partial charge is 0.200 e. The van der Waals surface area contributed by atoms with Crippen LogP contribution in [0, 0.1) is 0 Å². The van der Waals surface area contributed by atoms with Gasteiger partial charge in [0, 0.05) is 5.56 Å². The van der Waals surface area contributed by atoms with E-state index < -0.39 is 0 Å². The number of ketones is 1. The standard InChI is InChI=1S/C19H22O2/c1-4-15-7-5-6-8-19(15)21-13-18(20)17-11-9-16(10-12-17)14(2)3/h5-12,14H,4,13H2,1-3H3. The largest absolute Gasteiger partial charge is 0.485 e. The van der Waals surface area contributed by atoms with Crippen LogP contribution in [0.1, 0.15) is 48.2 Å². The highest BCUT2D eigenvalue weighted by Crippen LogP contribution is 2.19. The number of hydrogen-bond donors (Lipinski definition) is 0. The van der Waals surface area contributed by atoms with Crippen LogP contribution in [-0.4, -0.2) is 12.4 Å². The minimum absolute atomic E-state index is 0.0104. The molecule has 0 radical (unpaired) electrons. The molecule has 0 unspecified atom stereocenters. The molecule has 110 valence electrons. The first-order chi connectivity index (χ1) is 10.1. The second-order valence-electron chi connectivity index (χ2n) is 5.45. The van der Waals surface area contributed by atoms with Crippen molar-refractivity contribution in [3.63, 3.8) is 0 Å². The van der Waals surface area contributed by atoms with E-state index in [1.54, 1.807) is 0 Å². The third kappa shape index (κ3) is 3.94. The van der Waals surface area contributed by atoms with Crippen molar-refractivity contribution in [1.82, 2.24) is 0 Å². The van der Waals surface area contributed by atoms with Crippen molar-refractivity contribution in [3.8, 4) is 5.75 Å². The zero-order chi connectivity index (χ0) is 15.2. The Morgan fingerprint density at radius 3 is 2.33 bits per heavy atom. The maximum atomic E-state index is 12.2. The second kappa shape index (κ2) is 7.07. The fraction of sp³-hybridized carbons (Fsp3) is 0.316. The molecule has 0 fully saturated rings. The molecule has 0 saturated carbocycles. The topological polar surface area (TPSA) is 26.3 Å². The van der Waals surface area contributed by atoms with Gasteiger partial charge < -0.3 is 4.74 Å². The van der Waals surface area contributed by atoms with Crippen LogP contribution in [0.15, 0.2) is 48.5 Å². The summed E-state index contributed by atoms with van der Waals surface area (Å²) in [7, 11) is 0. The SMILES string of the molecule is CCc1ccccc1OCC(=O)c1ccc(C(C)C)cc1. The molecule has 2 heteroatoms. The minimum atomic E-state index is 0.0104. The van der Waals surface area contributed by atoms with Crippen LogP contribution < -0.4 is 4.74 Å². The molecule has 0 aliphatic carbocycles. The van der Waals surface area contributed by atoms with Crippen LogP contribution in [0.3, 0.4) is 0 Å². The van der Waals surface area contributed by atoms with Gasteiger partial charge in [0.15, 0.2) is 12.4 Å². The van der Waals surface area contributed by atoms with Gasteiger partial charge >= 0.3 is 0 Å². The molecule has 0 atom stereocenters. The molecule has 0 saturated heterocycles. The second-order valence-corrected chi connectivity index (χ2v) is 5.45. The van der Waals surface area contributed by atoms with Crippen molar-refractivity contribution in [2.45, 2.75) is 33.1 Å². The van der Waals surface area contributed by atoms with Gasteiger partial charge in [0.05, 0.1) is 0 Å². The van der Waals surface area contributed by atoms with E-state index in [1.807, 2.05) is 48.5 Å². The maximum Gasteiger partial charge on any atom is 0.200 e. The molecule has 21 heavy (non-hydrogen) atoms. The molecular weight excluding hydrogens is 260 g/mol. The van der Waals surface area contributed by atoms with Gasteiger partial charge in [-0.3, -0.25) is 4.79 Å². The minimum Gasteiger partial charge on any atom is -0.485 e. The van der Waals surface area contributed by atoms with Crippen molar-refractivity contribution in [3.05, 3.63) is 65.2 Å². The predicted molar refractivity (Wildman–Crippen MR) is 86.2 cm³/mol. The molecule has 0 amide bonds. The highest BCUT2D eigenvalue weighted by molar-refractivity contribution is 5.97. The van der Waals surface area contributed by atoms with Crippen molar-refractivity contribution >= 4 is 5.78 Å². The van der Waals surface area contributed by atoms with Gasteiger partial charge in [-0.2, -0.15) is 0 Å². The Hall–Kier alpha value is -2.09. The summed E-state index contributed by atoms with van der Waals surface area (Å²) in [6, 6.07) is 15.6. The summed E-state index contributed by atoms with van der Waals surface area (Å²) < 4.78 is 5.67. The van der Waals surface area contributed by atoms with E-state index in [-0.39, 0.29) is 12.4 Å². The summed E-state index contributed by atoms with van der Waals surface area (Å²) in [5.41, 5.74) is 3.07. The molecule has 0 aromatic heterocycles. The van der Waals surface area contributed by atoms with Crippen molar-refractivity contribution < 1.29 is 9.53 Å². The van der Waals surface area contributed by atoms with Gasteiger partial charge in [-0.05, 0) is 29.5 Å². The van der Waals surface area contributed by atoms with Crippen LogP contribution in [0.4, 0.5) is 0 Å². The lowest BCUT2D eigenvalue weighted by Crippen LogP contribution is -2.12. The first kappa shape index (κ1) is 15.3. The van der Waals surface area contributed by atoms with E-state index >= 15 is 0 Å². The molecule has 2 aromatic rings. The number of hydrogen-bond acceptors (Lipinski definition) is 2. The van der Waals surface area contributed by atoms with Gasteiger partial charge in [-0.1, -0.05) is 63.2 Å². The molecule has 0 heterocycles. The molecule has 2 nitrogen and oxygen atoms in total. The molecule has 2 rings (SSSR count). The van der Waals surface area contributed by atoms with E-state index in [0.717, 1.165) is 17.7 Å². The van der Waals surface area contributed by atoms with Crippen LogP contribution in [-0.2, 0) is 6.42 Å². The lowest BCUT2D eigenvalue weighted by atomic mass is 10.0. The van der Waals surface area contributed by atoms with Crippen LogP contribution in [0.5, 0.6) is 5.75 Å². The molecule has 0 aliphatic heterocycles. The Morgan fingerprint density at radius 1 is 1.05 bits per heavy atom. The Bertz CT molecular complexity index is 597. The molecule has 0 N–H and O–H groups in total. The number of ether oxygens (including phenoxy) is 1. The Kier molecular flexibility index (Phi) is 5.15. The summed E-state index contributed by atoms with van der Waals surface area (Å²) in [5.74, 6) is 1.28. The summed E-state index contributed by atoms with van der Waals surface area (Å²) in [4.78, 5) is 12.2. The van der Waals surface area contributed by atoms with Gasteiger partial charge in [0.1, 0.15) is 5.75 Å². The van der Waals surface area contributed by atoms with Crippen molar-refractivity contribution in [2.24, 2.45) is 0 Å². The van der Waals surface area contributed by atoms with Gasteiger partial charge in [0.2, 0.25) is 0 Å². The van der Waals surface area contributed by atoms with Crippen LogP contribution >= 0.6 is 0 Å². The van der Waals surface area contributed by atoms with E-state index in [0.29, 0.717) is 11.5 Å². The predicted octanol–water partition coefficient (Wildman–Crippen LogP) is 4.63. The lowest BCUT2D eigenvalue weighted by molar-refractivity contribution is 0.0921. The maximum absolute atomic E-state index is 12.2. The zero-order valence-electron chi connectivity index (χ0n) is 12.9. The van der Waals surface area contributed by atoms with E-state index in [1.165, 1.54) is 5.56 Å². The summed E-state index contributed by atoms with van der Waals surface area (Å²) in [6.45, 7) is 6.44. The zero-order valence-corrected chi connectivity index (χ0v) is 12.9. The van der Waals surface area contributed by atoms with Gasteiger partial charge in [0.25, 0.3) is 0 Å². The fourth-order valence-corrected chi connectivity index (χ4v) is 2.22. The quantitative estimate of drug-likeness (QED) is 0.722. The number of Topliss-reactive ketones (excluding diaryl/α,β-unsaturated/α-hetero) is 1. The Morgan fingerprint density at radius 2 is 1.71 bits per heavy atom. The number of benzene rings is 2. The highest BCUT2D eigenvalue weighted by atomic mass is 16.5. The Balaban J connectivity index is 2.01. The third-order valence-corrected chi connectivity index (χ3v) is 3.61. The molecular formula is C19H22O2. The van der Waals surface area contributed by atoms with E-state index in [4.69, 9.17) is 4.74 Å². The first-order valence-electron chi connectivity index (χ1n) is 7.45. The number of aryl methyl sites for hydroxylation is 1. The Labute approximate surface area is 126 Å². The lowest BCUT2D eigenvalue weighted by Gasteiger charge is -2.10. The van der Waals surface area contributed by atoms with Crippen molar-refractivity contribution in [2.75, 3.05) is 6.61 Å². The molecule has 2 aromatic carbocycles. The molecule has 0 spiro atoms. The normalized spacial score (nSPS) is 10.7. The highest BCUT2D eigenvalue weighted by Gasteiger charge is 2.09. The first-order valence-corrected chi connectivity index (χ1v) is 7.45. The summed E-state index contributed by atoms with van der Waals surface area (Å²) in [6.07, 6.45) is 0.896. The van der Waals surface area contributed by atoms with Crippen LogP contribution in [0.25, 0.3) is 0 Å². The average molecular weight is 282 g/mol. The number of carbonyl (C=O) groups excluding carboxylic acids is 1. The van der Waals surface area contributed by atoms with Gasteiger partial charge in [-0.15, -0.1) is 0 Å². The monoisotopic (exact) mass is 282 g/mol. The molecule has 0 bridgehead atoms. The van der Waals surface area contributed by atoms with E-state index in [9.17, 15) is 4.79 Å². The summed E-state index contributed by atoms with van der Waals surface area (Å²) in [5, 5.41) is 0. The fourth-order valence-electron chi connectivity index (χ4n) is 2.22. The van der Waals surface area contributed by atoms with Gasteiger partial charge in [-0.25, -0.2) is 0 Å².